The summed E-state index contributed by atoms with van der Waals surface area (Å²) >= 11 is 0. The van der Waals surface area contributed by atoms with Crippen molar-refractivity contribution in [1.29, 1.82) is 0 Å². The van der Waals surface area contributed by atoms with Gasteiger partial charge in [-0.3, -0.25) is 5.32 Å². The molecule has 1 N–H and O–H groups in total. The van der Waals surface area contributed by atoms with Gasteiger partial charge in [-0.15, -0.1) is 0 Å². The van der Waals surface area contributed by atoms with Gasteiger partial charge in [-0.1, -0.05) is 6.07 Å². The zero-order chi connectivity index (χ0) is 13.3. The number of rotatable bonds is 2. The Morgan fingerprint density at radius 1 is 1.32 bits per heavy atom. The average molecular weight is 283 g/mol. The van der Waals surface area contributed by atoms with Gasteiger partial charge in [-0.25, -0.2) is 13.4 Å². The van der Waals surface area contributed by atoms with Crippen LogP contribution < -0.4 is 5.32 Å². The molecule has 2 aliphatic rings. The van der Waals surface area contributed by atoms with E-state index < -0.39 is 10.0 Å². The van der Waals surface area contributed by atoms with Crippen molar-refractivity contribution in [1.82, 2.24) is 14.6 Å². The van der Waals surface area contributed by atoms with Crippen LogP contribution in [-0.4, -0.2) is 49.7 Å². The first-order valence-electron chi connectivity index (χ1n) is 6.43. The highest BCUT2D eigenvalue weighted by Crippen LogP contribution is 2.29. The topological polar surface area (TPSA) is 71.5 Å². The van der Waals surface area contributed by atoms with E-state index in [1.807, 2.05) is 0 Å². The summed E-state index contributed by atoms with van der Waals surface area (Å²) in [6.45, 7) is 2.47. The van der Waals surface area contributed by atoms with Crippen molar-refractivity contribution in [3.05, 3.63) is 24.4 Å². The first kappa shape index (κ1) is 13.0. The van der Waals surface area contributed by atoms with E-state index in [9.17, 15) is 8.42 Å². The number of piperidine rings is 1. The molecule has 0 unspecified atom stereocenters. The van der Waals surface area contributed by atoms with Crippen LogP contribution in [0, 0.1) is 0 Å². The van der Waals surface area contributed by atoms with Crippen LogP contribution in [-0.2, 0) is 14.8 Å². The average Bonchev–Trinajstić information content (AvgIpc) is 2.89. The van der Waals surface area contributed by atoms with E-state index in [1.165, 1.54) is 16.6 Å². The lowest BCUT2D eigenvalue weighted by Gasteiger charge is -2.37. The molecule has 2 saturated heterocycles. The van der Waals surface area contributed by atoms with E-state index in [0.717, 1.165) is 6.54 Å². The van der Waals surface area contributed by atoms with Crippen LogP contribution in [0.3, 0.4) is 0 Å². The second-order valence-corrected chi connectivity index (χ2v) is 6.73. The van der Waals surface area contributed by atoms with Crippen LogP contribution in [0.1, 0.15) is 12.8 Å². The Bertz CT molecular complexity index is 531. The van der Waals surface area contributed by atoms with Crippen molar-refractivity contribution in [3.63, 3.8) is 0 Å². The fourth-order valence-electron chi connectivity index (χ4n) is 2.62. The Balaban J connectivity index is 1.74. The Hall–Kier alpha value is -1.02. The second-order valence-electron chi connectivity index (χ2n) is 4.84. The van der Waals surface area contributed by atoms with Gasteiger partial charge in [0.1, 0.15) is 5.72 Å². The number of ether oxygens (including phenoxy) is 1. The minimum absolute atomic E-state index is 0.117. The zero-order valence-corrected chi connectivity index (χ0v) is 11.4. The lowest BCUT2D eigenvalue weighted by molar-refractivity contribution is -0.0446. The third kappa shape index (κ3) is 2.38. The molecule has 2 fully saturated rings. The van der Waals surface area contributed by atoms with Crippen molar-refractivity contribution in [3.8, 4) is 0 Å². The summed E-state index contributed by atoms with van der Waals surface area (Å²) in [5.41, 5.74) is -0.309. The highest BCUT2D eigenvalue weighted by molar-refractivity contribution is 7.89. The smallest absolute Gasteiger partial charge is 0.260 e. The number of hydrogen-bond acceptors (Lipinski definition) is 5. The van der Waals surface area contributed by atoms with E-state index >= 15 is 0 Å². The molecule has 19 heavy (non-hydrogen) atoms. The van der Waals surface area contributed by atoms with E-state index in [1.54, 1.807) is 12.1 Å². The molecule has 0 aliphatic carbocycles. The summed E-state index contributed by atoms with van der Waals surface area (Å²) in [6, 6.07) is 4.93. The van der Waals surface area contributed by atoms with Crippen molar-refractivity contribution in [2.75, 3.05) is 26.2 Å². The van der Waals surface area contributed by atoms with Crippen LogP contribution >= 0.6 is 0 Å². The lowest BCUT2D eigenvalue weighted by Crippen LogP contribution is -2.52. The molecule has 7 heteroatoms. The van der Waals surface area contributed by atoms with Crippen LogP contribution in [0.25, 0.3) is 0 Å². The highest BCUT2D eigenvalue weighted by atomic mass is 32.2. The molecule has 0 atom stereocenters. The molecule has 0 aromatic carbocycles. The molecule has 2 aliphatic heterocycles. The molecule has 1 aromatic heterocycles. The maximum absolute atomic E-state index is 12.4. The number of nitrogens with zero attached hydrogens (tertiary/aromatic N) is 2. The van der Waals surface area contributed by atoms with Crippen LogP contribution in [0.2, 0.25) is 0 Å². The fourth-order valence-corrected chi connectivity index (χ4v) is 3.99. The molecule has 0 bridgehead atoms. The van der Waals surface area contributed by atoms with Crippen molar-refractivity contribution >= 4 is 10.0 Å². The number of hydrogen-bond donors (Lipinski definition) is 1. The minimum atomic E-state index is -3.47. The van der Waals surface area contributed by atoms with Gasteiger partial charge in [0.15, 0.2) is 5.03 Å². The summed E-state index contributed by atoms with van der Waals surface area (Å²) in [5, 5.41) is 3.44. The molecule has 1 spiro atoms. The SMILES string of the molecule is O=S(=O)(c1ccccn1)N1CCC2(CC1)NCCO2. The number of sulfonamides is 1. The first-order valence-corrected chi connectivity index (χ1v) is 7.87. The molecule has 0 radical (unpaired) electrons. The Labute approximate surface area is 112 Å². The summed E-state index contributed by atoms with van der Waals surface area (Å²) in [4.78, 5) is 3.94. The summed E-state index contributed by atoms with van der Waals surface area (Å²) in [7, 11) is -3.47. The molecule has 0 saturated carbocycles. The third-order valence-corrected chi connectivity index (χ3v) is 5.51. The van der Waals surface area contributed by atoms with Crippen molar-refractivity contribution < 1.29 is 13.2 Å². The van der Waals surface area contributed by atoms with Gasteiger partial charge in [-0.05, 0) is 12.1 Å². The van der Waals surface area contributed by atoms with Gasteiger partial charge in [0.05, 0.1) is 6.61 Å². The largest absolute Gasteiger partial charge is 0.359 e. The monoisotopic (exact) mass is 283 g/mol. The van der Waals surface area contributed by atoms with E-state index in [-0.39, 0.29) is 10.8 Å². The molecule has 6 nitrogen and oxygen atoms in total. The quantitative estimate of drug-likeness (QED) is 0.838. The van der Waals surface area contributed by atoms with E-state index in [0.29, 0.717) is 32.5 Å². The van der Waals surface area contributed by atoms with E-state index in [4.69, 9.17) is 4.74 Å². The molecule has 1 aromatic rings. The van der Waals surface area contributed by atoms with Crippen molar-refractivity contribution in [2.24, 2.45) is 0 Å². The number of nitrogens with one attached hydrogen (secondary N) is 1. The number of aromatic nitrogens is 1. The summed E-state index contributed by atoms with van der Waals surface area (Å²) in [6.07, 6.45) is 2.86. The summed E-state index contributed by atoms with van der Waals surface area (Å²) in [5.74, 6) is 0. The zero-order valence-electron chi connectivity index (χ0n) is 10.6. The first-order chi connectivity index (χ1) is 9.12. The Kier molecular flexibility index (Phi) is 3.30. The van der Waals surface area contributed by atoms with Gasteiger partial charge in [-0.2, -0.15) is 4.31 Å². The van der Waals surface area contributed by atoms with E-state index in [2.05, 4.69) is 10.3 Å². The van der Waals surface area contributed by atoms with Gasteiger partial charge in [0.2, 0.25) is 0 Å². The molecule has 3 rings (SSSR count). The predicted molar refractivity (Wildman–Crippen MR) is 68.9 cm³/mol. The standard InChI is InChI=1S/C12H17N3O3S/c16-19(17,11-3-1-2-6-13-11)15-8-4-12(5-9-15)14-7-10-18-12/h1-3,6,14H,4-5,7-10H2. The third-order valence-electron chi connectivity index (χ3n) is 3.70. The predicted octanol–water partition coefficient (Wildman–Crippen LogP) is 0.182. The van der Waals surface area contributed by atoms with Gasteiger partial charge >= 0.3 is 0 Å². The Morgan fingerprint density at radius 2 is 2.11 bits per heavy atom. The molecule has 3 heterocycles. The van der Waals surface area contributed by atoms with Crippen LogP contribution in [0.5, 0.6) is 0 Å². The molecular formula is C12H17N3O3S. The van der Waals surface area contributed by atoms with Gasteiger partial charge < -0.3 is 4.74 Å². The lowest BCUT2D eigenvalue weighted by atomic mass is 10.0. The fraction of sp³-hybridized carbons (Fsp3) is 0.583. The Morgan fingerprint density at radius 3 is 2.68 bits per heavy atom. The van der Waals surface area contributed by atoms with Crippen LogP contribution in [0.15, 0.2) is 29.4 Å². The maximum Gasteiger partial charge on any atom is 0.260 e. The van der Waals surface area contributed by atoms with Crippen molar-refractivity contribution in [2.45, 2.75) is 23.6 Å². The maximum atomic E-state index is 12.4. The second kappa shape index (κ2) is 4.82. The van der Waals surface area contributed by atoms with Crippen LogP contribution in [0.4, 0.5) is 0 Å². The molecule has 104 valence electrons. The molecule has 0 amide bonds. The highest BCUT2D eigenvalue weighted by Gasteiger charge is 2.41. The molecular weight excluding hydrogens is 266 g/mol. The number of pyridine rings is 1. The van der Waals surface area contributed by atoms with Gasteiger partial charge in [0, 0.05) is 38.7 Å². The summed E-state index contributed by atoms with van der Waals surface area (Å²) < 4.78 is 32.0. The minimum Gasteiger partial charge on any atom is -0.359 e. The normalized spacial score (nSPS) is 23.8. The van der Waals surface area contributed by atoms with Gasteiger partial charge in [0.25, 0.3) is 10.0 Å².